The summed E-state index contributed by atoms with van der Waals surface area (Å²) in [5.74, 6) is 2.75. The third-order valence-electron chi connectivity index (χ3n) is 8.63. The minimum atomic E-state index is -0.0250. The van der Waals surface area contributed by atoms with Gasteiger partial charge in [-0.15, -0.1) is 0 Å². The molecule has 4 nitrogen and oxygen atoms in total. The number of anilines is 4. The van der Waals surface area contributed by atoms with E-state index in [1.54, 1.807) is 19.0 Å². The van der Waals surface area contributed by atoms with Gasteiger partial charge in [-0.2, -0.15) is 0 Å². The molecule has 0 radical (unpaired) electrons. The van der Waals surface area contributed by atoms with E-state index in [9.17, 15) is 4.79 Å². The molecule has 0 spiro atoms. The van der Waals surface area contributed by atoms with E-state index in [0.29, 0.717) is 11.0 Å². The molecule has 7 rings (SSSR count). The predicted molar refractivity (Wildman–Crippen MR) is 149 cm³/mol. The average Bonchev–Trinajstić information content (AvgIpc) is 2.85. The van der Waals surface area contributed by atoms with E-state index in [4.69, 9.17) is 11.6 Å². The summed E-state index contributed by atoms with van der Waals surface area (Å²) in [6.07, 6.45) is 8.40. The van der Waals surface area contributed by atoms with Crippen LogP contribution in [-0.4, -0.2) is 24.9 Å². The summed E-state index contributed by atoms with van der Waals surface area (Å²) in [5.41, 5.74) is 6.07. The number of para-hydroxylation sites is 1. The number of carbonyl (C=O) groups excluding carboxylic acids is 1. The lowest BCUT2D eigenvalue weighted by Gasteiger charge is -2.57. The molecule has 0 aromatic heterocycles. The fourth-order valence-corrected chi connectivity index (χ4v) is 7.61. The molecule has 0 aliphatic heterocycles. The zero-order valence-corrected chi connectivity index (χ0v) is 21.8. The Balaban J connectivity index is 1.16. The number of carbonyl (C=O) groups is 1. The summed E-state index contributed by atoms with van der Waals surface area (Å²) in [6.45, 7) is 0. The highest BCUT2D eigenvalue weighted by Crippen LogP contribution is 2.61. The molecule has 1 amide bonds. The molecule has 3 aromatic rings. The van der Waals surface area contributed by atoms with Gasteiger partial charge in [0.25, 0.3) is 5.91 Å². The SMILES string of the molecule is CN(C)C(=O)c1ccccc1Nc1ccc(Nc2ccc(C34CC5CC(CC(C5)C3)C4)cc2Cl)cc1. The van der Waals surface area contributed by atoms with Gasteiger partial charge in [0.1, 0.15) is 0 Å². The molecule has 0 atom stereocenters. The molecule has 4 saturated carbocycles. The fraction of sp³-hybridized carbons (Fsp3) is 0.387. The molecule has 36 heavy (non-hydrogen) atoms. The van der Waals surface area contributed by atoms with E-state index < -0.39 is 0 Å². The van der Waals surface area contributed by atoms with Gasteiger partial charge in [-0.1, -0.05) is 29.8 Å². The number of rotatable bonds is 6. The van der Waals surface area contributed by atoms with E-state index in [1.165, 1.54) is 44.1 Å². The van der Waals surface area contributed by atoms with Crippen LogP contribution >= 0.6 is 11.6 Å². The van der Waals surface area contributed by atoms with Crippen molar-refractivity contribution in [3.63, 3.8) is 0 Å². The molecule has 0 unspecified atom stereocenters. The Morgan fingerprint density at radius 1 is 0.806 bits per heavy atom. The van der Waals surface area contributed by atoms with Crippen LogP contribution in [-0.2, 0) is 5.41 Å². The van der Waals surface area contributed by atoms with Crippen molar-refractivity contribution in [3.05, 3.63) is 82.9 Å². The standard InChI is InChI=1S/C31H34ClN3O/c1-35(2)30(36)26-5-3-4-6-28(26)33-24-8-10-25(11-9-24)34-29-12-7-23(16-27(29)32)31-17-20-13-21(18-31)15-22(14-20)19-31/h3-12,16,20-22,33-34H,13-15,17-19H2,1-2H3. The summed E-state index contributed by atoms with van der Waals surface area (Å²) in [6, 6.07) is 22.4. The van der Waals surface area contributed by atoms with Crippen LogP contribution in [0.5, 0.6) is 0 Å². The first kappa shape index (κ1) is 23.4. The largest absolute Gasteiger partial charge is 0.355 e. The van der Waals surface area contributed by atoms with Gasteiger partial charge in [-0.3, -0.25) is 4.79 Å². The summed E-state index contributed by atoms with van der Waals surface area (Å²) < 4.78 is 0. The van der Waals surface area contributed by atoms with E-state index >= 15 is 0 Å². The smallest absolute Gasteiger partial charge is 0.255 e. The third kappa shape index (κ3) is 4.37. The van der Waals surface area contributed by atoms with Gasteiger partial charge >= 0.3 is 0 Å². The Morgan fingerprint density at radius 2 is 1.36 bits per heavy atom. The molecule has 4 aliphatic carbocycles. The summed E-state index contributed by atoms with van der Waals surface area (Å²) in [5, 5.41) is 7.66. The number of hydrogen-bond donors (Lipinski definition) is 2. The molecule has 0 heterocycles. The molecule has 4 aliphatic rings. The summed E-state index contributed by atoms with van der Waals surface area (Å²) in [4.78, 5) is 14.1. The van der Waals surface area contributed by atoms with Crippen molar-refractivity contribution in [2.75, 3.05) is 24.7 Å². The van der Waals surface area contributed by atoms with Crippen LogP contribution in [0.2, 0.25) is 5.02 Å². The Labute approximate surface area is 219 Å². The lowest BCUT2D eigenvalue weighted by molar-refractivity contribution is -0.00517. The van der Waals surface area contributed by atoms with Crippen LogP contribution in [0.1, 0.15) is 54.4 Å². The molecule has 4 bridgehead atoms. The highest BCUT2D eigenvalue weighted by molar-refractivity contribution is 6.33. The predicted octanol–water partition coefficient (Wildman–Crippen LogP) is 8.00. The van der Waals surface area contributed by atoms with Crippen LogP contribution in [0.3, 0.4) is 0 Å². The second-order valence-electron chi connectivity index (χ2n) is 11.5. The molecule has 0 saturated heterocycles. The average molecular weight is 500 g/mol. The number of nitrogens with one attached hydrogen (secondary N) is 2. The number of halogens is 1. The highest BCUT2D eigenvalue weighted by Gasteiger charge is 2.51. The fourth-order valence-electron chi connectivity index (χ4n) is 7.38. The van der Waals surface area contributed by atoms with Crippen molar-refractivity contribution in [2.24, 2.45) is 17.8 Å². The topological polar surface area (TPSA) is 44.4 Å². The maximum atomic E-state index is 12.5. The molecular formula is C31H34ClN3O. The zero-order chi connectivity index (χ0) is 24.9. The second-order valence-corrected chi connectivity index (χ2v) is 11.9. The van der Waals surface area contributed by atoms with Crippen molar-refractivity contribution >= 4 is 40.3 Å². The van der Waals surface area contributed by atoms with Gasteiger partial charge in [0.2, 0.25) is 0 Å². The number of hydrogen-bond acceptors (Lipinski definition) is 3. The van der Waals surface area contributed by atoms with Gasteiger partial charge in [-0.25, -0.2) is 0 Å². The quantitative estimate of drug-likeness (QED) is 0.361. The normalized spacial score (nSPS) is 26.0. The van der Waals surface area contributed by atoms with Gasteiger partial charge < -0.3 is 15.5 Å². The van der Waals surface area contributed by atoms with Crippen LogP contribution in [0.15, 0.2) is 66.7 Å². The Hall–Kier alpha value is -2.98. The first-order valence-corrected chi connectivity index (χ1v) is 13.5. The Bertz CT molecular complexity index is 1250. The second kappa shape index (κ2) is 9.15. The van der Waals surface area contributed by atoms with Crippen molar-refractivity contribution in [1.29, 1.82) is 0 Å². The van der Waals surface area contributed by atoms with Gasteiger partial charge in [-0.05, 0) is 116 Å². The third-order valence-corrected chi connectivity index (χ3v) is 8.94. The van der Waals surface area contributed by atoms with E-state index in [1.807, 2.05) is 48.5 Å². The van der Waals surface area contributed by atoms with Crippen molar-refractivity contribution in [3.8, 4) is 0 Å². The molecular weight excluding hydrogens is 466 g/mol. The van der Waals surface area contributed by atoms with E-state index in [2.05, 4.69) is 28.8 Å². The minimum absolute atomic E-state index is 0.0250. The van der Waals surface area contributed by atoms with E-state index in [0.717, 1.165) is 45.5 Å². The summed E-state index contributed by atoms with van der Waals surface area (Å²) in [7, 11) is 3.53. The number of benzene rings is 3. The highest BCUT2D eigenvalue weighted by atomic mass is 35.5. The van der Waals surface area contributed by atoms with Crippen molar-refractivity contribution in [2.45, 2.75) is 43.9 Å². The van der Waals surface area contributed by atoms with Gasteiger partial charge in [0.05, 0.1) is 22.0 Å². The lowest BCUT2D eigenvalue weighted by atomic mass is 9.48. The minimum Gasteiger partial charge on any atom is -0.355 e. The molecule has 2 N–H and O–H groups in total. The van der Waals surface area contributed by atoms with Crippen LogP contribution in [0, 0.1) is 17.8 Å². The van der Waals surface area contributed by atoms with Crippen LogP contribution in [0.4, 0.5) is 22.7 Å². The maximum Gasteiger partial charge on any atom is 0.255 e. The first-order valence-electron chi connectivity index (χ1n) is 13.1. The monoisotopic (exact) mass is 499 g/mol. The van der Waals surface area contributed by atoms with Crippen molar-refractivity contribution < 1.29 is 4.79 Å². The first-order chi connectivity index (χ1) is 17.4. The Kier molecular flexibility index (Phi) is 5.95. The van der Waals surface area contributed by atoms with Gasteiger partial charge in [0.15, 0.2) is 0 Å². The maximum absolute atomic E-state index is 12.5. The van der Waals surface area contributed by atoms with Gasteiger partial charge in [0, 0.05) is 25.5 Å². The molecule has 4 fully saturated rings. The lowest BCUT2D eigenvalue weighted by Crippen LogP contribution is -2.48. The summed E-state index contributed by atoms with van der Waals surface area (Å²) >= 11 is 6.82. The number of nitrogens with zero attached hydrogens (tertiary/aromatic N) is 1. The molecule has 5 heteroatoms. The molecule has 3 aromatic carbocycles. The zero-order valence-electron chi connectivity index (χ0n) is 21.1. The van der Waals surface area contributed by atoms with Crippen LogP contribution in [0.25, 0.3) is 0 Å². The Morgan fingerprint density at radius 3 is 1.92 bits per heavy atom. The van der Waals surface area contributed by atoms with Crippen LogP contribution < -0.4 is 10.6 Å². The molecule has 186 valence electrons. The number of amides is 1. The van der Waals surface area contributed by atoms with E-state index in [-0.39, 0.29) is 5.91 Å². The van der Waals surface area contributed by atoms with Crippen molar-refractivity contribution in [1.82, 2.24) is 4.90 Å².